The average molecular weight is 267 g/mol. The number of carbonyl (C=O) groups is 2. The lowest BCUT2D eigenvalue weighted by Crippen LogP contribution is -2.36. The first kappa shape index (κ1) is 12.9. The molecule has 20 heavy (non-hydrogen) atoms. The van der Waals surface area contributed by atoms with Crippen molar-refractivity contribution in [1.29, 1.82) is 0 Å². The number of amides is 1. The number of hydrogen-bond acceptors (Lipinski definition) is 2. The van der Waals surface area contributed by atoms with Gasteiger partial charge in [0, 0.05) is 18.7 Å². The molecule has 0 spiro atoms. The standard InChI is InChI=1S/C17H17NO2/c19-12-16-14-7-3-2-6-13(14)8-9-15(16)17(20)18-10-4-1-5-11-18/h2-3,6-9,12H,1,4-5,10-11H2. The predicted octanol–water partition coefficient (Wildman–Crippen LogP) is 3.28. The molecule has 0 saturated carbocycles. The van der Waals surface area contributed by atoms with Crippen LogP contribution in [0.3, 0.4) is 0 Å². The van der Waals surface area contributed by atoms with Gasteiger partial charge in [-0.2, -0.15) is 0 Å². The molecule has 1 saturated heterocycles. The van der Waals surface area contributed by atoms with E-state index in [9.17, 15) is 9.59 Å². The smallest absolute Gasteiger partial charge is 0.254 e. The third-order valence-corrected chi connectivity index (χ3v) is 3.96. The van der Waals surface area contributed by atoms with Crippen molar-refractivity contribution < 1.29 is 9.59 Å². The van der Waals surface area contributed by atoms with Gasteiger partial charge >= 0.3 is 0 Å². The largest absolute Gasteiger partial charge is 0.339 e. The highest BCUT2D eigenvalue weighted by Crippen LogP contribution is 2.23. The van der Waals surface area contributed by atoms with Crippen molar-refractivity contribution in [3.8, 4) is 0 Å². The second kappa shape index (κ2) is 5.45. The van der Waals surface area contributed by atoms with Gasteiger partial charge in [-0.1, -0.05) is 30.3 Å². The van der Waals surface area contributed by atoms with Crippen molar-refractivity contribution >= 4 is 23.0 Å². The van der Waals surface area contributed by atoms with Gasteiger partial charge in [-0.25, -0.2) is 0 Å². The summed E-state index contributed by atoms with van der Waals surface area (Å²) in [6.07, 6.45) is 4.09. The van der Waals surface area contributed by atoms with Gasteiger partial charge in [0.05, 0.1) is 5.56 Å². The minimum absolute atomic E-state index is 0.0162. The maximum absolute atomic E-state index is 12.6. The number of benzene rings is 2. The Morgan fingerprint density at radius 1 is 1.00 bits per heavy atom. The SMILES string of the molecule is O=Cc1c(C(=O)N2CCCCC2)ccc2ccccc12. The van der Waals surface area contributed by atoms with Crippen molar-refractivity contribution in [2.75, 3.05) is 13.1 Å². The third kappa shape index (κ3) is 2.20. The van der Waals surface area contributed by atoms with Gasteiger partial charge in [0.25, 0.3) is 5.91 Å². The molecule has 0 bridgehead atoms. The molecule has 102 valence electrons. The molecule has 1 fully saturated rings. The van der Waals surface area contributed by atoms with Crippen molar-refractivity contribution in [2.45, 2.75) is 19.3 Å². The molecule has 0 N–H and O–H groups in total. The van der Waals surface area contributed by atoms with Crippen LogP contribution in [0.1, 0.15) is 40.0 Å². The first-order valence-corrected chi connectivity index (χ1v) is 7.07. The fourth-order valence-electron chi connectivity index (χ4n) is 2.88. The van der Waals surface area contributed by atoms with Crippen molar-refractivity contribution in [3.05, 3.63) is 47.5 Å². The Morgan fingerprint density at radius 3 is 2.50 bits per heavy atom. The molecule has 2 aromatic carbocycles. The van der Waals surface area contributed by atoms with Crippen LogP contribution in [0, 0.1) is 0 Å². The zero-order valence-corrected chi connectivity index (χ0v) is 11.3. The van der Waals surface area contributed by atoms with E-state index in [1.165, 1.54) is 6.42 Å². The summed E-state index contributed by atoms with van der Waals surface area (Å²) in [5.41, 5.74) is 1.04. The van der Waals surface area contributed by atoms with Gasteiger partial charge < -0.3 is 4.90 Å². The first-order valence-electron chi connectivity index (χ1n) is 7.07. The number of nitrogens with zero attached hydrogens (tertiary/aromatic N) is 1. The molecular formula is C17H17NO2. The number of fused-ring (bicyclic) bond motifs is 1. The van der Waals surface area contributed by atoms with Gasteiger partial charge in [-0.05, 0) is 36.1 Å². The summed E-state index contributed by atoms with van der Waals surface area (Å²) in [7, 11) is 0. The average Bonchev–Trinajstić information content (AvgIpc) is 2.54. The van der Waals surface area contributed by atoms with E-state index in [-0.39, 0.29) is 5.91 Å². The van der Waals surface area contributed by atoms with E-state index in [1.807, 2.05) is 35.2 Å². The highest BCUT2D eigenvalue weighted by atomic mass is 16.2. The second-order valence-corrected chi connectivity index (χ2v) is 5.22. The number of likely N-dealkylation sites (tertiary alicyclic amines) is 1. The van der Waals surface area contributed by atoms with E-state index in [0.717, 1.165) is 43.0 Å². The van der Waals surface area contributed by atoms with Gasteiger partial charge in [-0.3, -0.25) is 9.59 Å². The molecule has 0 aromatic heterocycles. The maximum Gasteiger partial charge on any atom is 0.254 e. The lowest BCUT2D eigenvalue weighted by atomic mass is 9.98. The topological polar surface area (TPSA) is 37.4 Å². The van der Waals surface area contributed by atoms with Crippen molar-refractivity contribution in [1.82, 2.24) is 4.90 Å². The highest BCUT2D eigenvalue weighted by Gasteiger charge is 2.21. The normalized spacial score (nSPS) is 15.3. The zero-order chi connectivity index (χ0) is 13.9. The van der Waals surface area contributed by atoms with E-state index >= 15 is 0 Å². The Morgan fingerprint density at radius 2 is 1.75 bits per heavy atom. The van der Waals surface area contributed by atoms with E-state index < -0.39 is 0 Å². The summed E-state index contributed by atoms with van der Waals surface area (Å²) in [5, 5.41) is 1.84. The second-order valence-electron chi connectivity index (χ2n) is 5.22. The monoisotopic (exact) mass is 267 g/mol. The van der Waals surface area contributed by atoms with Crippen LogP contribution in [-0.4, -0.2) is 30.2 Å². The number of rotatable bonds is 2. The molecule has 1 amide bonds. The molecule has 2 aromatic rings. The van der Waals surface area contributed by atoms with Crippen LogP contribution in [0.5, 0.6) is 0 Å². The summed E-state index contributed by atoms with van der Waals surface area (Å²) in [4.78, 5) is 25.9. The summed E-state index contributed by atoms with van der Waals surface area (Å²) in [6.45, 7) is 1.59. The van der Waals surface area contributed by atoms with E-state index in [4.69, 9.17) is 0 Å². The molecule has 1 aliphatic heterocycles. The fourth-order valence-corrected chi connectivity index (χ4v) is 2.88. The number of piperidine rings is 1. The summed E-state index contributed by atoms with van der Waals surface area (Å²) in [6, 6.07) is 11.4. The molecule has 3 heteroatoms. The van der Waals surface area contributed by atoms with Crippen molar-refractivity contribution in [2.24, 2.45) is 0 Å². The van der Waals surface area contributed by atoms with E-state index in [2.05, 4.69) is 0 Å². The molecule has 3 nitrogen and oxygen atoms in total. The van der Waals surface area contributed by atoms with E-state index in [1.54, 1.807) is 6.07 Å². The molecule has 0 radical (unpaired) electrons. The lowest BCUT2D eigenvalue weighted by Gasteiger charge is -2.27. The Bertz CT molecular complexity index is 657. The molecule has 0 unspecified atom stereocenters. The Hall–Kier alpha value is -2.16. The summed E-state index contributed by atoms with van der Waals surface area (Å²) in [5.74, 6) is -0.0162. The van der Waals surface area contributed by atoms with Crippen LogP contribution in [-0.2, 0) is 0 Å². The Balaban J connectivity index is 2.06. The predicted molar refractivity (Wildman–Crippen MR) is 79.1 cm³/mol. The molecule has 3 rings (SSSR count). The van der Waals surface area contributed by atoms with E-state index in [0.29, 0.717) is 11.1 Å². The van der Waals surface area contributed by atoms with Gasteiger partial charge in [0.15, 0.2) is 6.29 Å². The first-order chi connectivity index (χ1) is 9.81. The minimum atomic E-state index is -0.0162. The molecule has 0 atom stereocenters. The van der Waals surface area contributed by atoms with Crippen molar-refractivity contribution in [3.63, 3.8) is 0 Å². The Labute approximate surface area is 118 Å². The minimum Gasteiger partial charge on any atom is -0.339 e. The quantitative estimate of drug-likeness (QED) is 0.783. The zero-order valence-electron chi connectivity index (χ0n) is 11.3. The summed E-state index contributed by atoms with van der Waals surface area (Å²) >= 11 is 0. The summed E-state index contributed by atoms with van der Waals surface area (Å²) < 4.78 is 0. The molecule has 1 heterocycles. The maximum atomic E-state index is 12.6. The van der Waals surface area contributed by atoms with Crippen LogP contribution in [0.4, 0.5) is 0 Å². The van der Waals surface area contributed by atoms with Gasteiger partial charge in [0.2, 0.25) is 0 Å². The fraction of sp³-hybridized carbons (Fsp3) is 0.294. The molecular weight excluding hydrogens is 250 g/mol. The Kier molecular flexibility index (Phi) is 3.50. The van der Waals surface area contributed by atoms with Crippen LogP contribution >= 0.6 is 0 Å². The molecule has 0 aliphatic carbocycles. The van der Waals surface area contributed by atoms with Crippen LogP contribution < -0.4 is 0 Å². The van der Waals surface area contributed by atoms with Crippen LogP contribution in [0.15, 0.2) is 36.4 Å². The van der Waals surface area contributed by atoms with Crippen LogP contribution in [0.2, 0.25) is 0 Å². The third-order valence-electron chi connectivity index (χ3n) is 3.96. The number of aldehydes is 1. The molecule has 1 aliphatic rings. The van der Waals surface area contributed by atoms with Gasteiger partial charge in [0.1, 0.15) is 0 Å². The lowest BCUT2D eigenvalue weighted by molar-refractivity contribution is 0.0722. The van der Waals surface area contributed by atoms with Crippen LogP contribution in [0.25, 0.3) is 10.8 Å². The van der Waals surface area contributed by atoms with Gasteiger partial charge in [-0.15, -0.1) is 0 Å². The number of hydrogen-bond donors (Lipinski definition) is 0. The number of carbonyl (C=O) groups excluding carboxylic acids is 2. The highest BCUT2D eigenvalue weighted by molar-refractivity contribution is 6.09.